The van der Waals surface area contributed by atoms with E-state index in [2.05, 4.69) is 0 Å². The normalized spacial score (nSPS) is 36.9. The minimum Gasteiger partial charge on any atom is -0.462 e. The number of aliphatic hydroxyl groups is 1. The van der Waals surface area contributed by atoms with Gasteiger partial charge in [-0.3, -0.25) is 19.2 Å². The second kappa shape index (κ2) is 18.2. The van der Waals surface area contributed by atoms with Gasteiger partial charge in [0.05, 0.1) is 30.8 Å². The van der Waals surface area contributed by atoms with Gasteiger partial charge in [-0.2, -0.15) is 0 Å². The molecule has 2 aliphatic rings. The molecular weight excluding hydrogens is 590 g/mol. The number of ether oxygens (including phenoxy) is 6. The number of likely N-dealkylation sites (N-methyl/N-ethyl adjacent to an activating group) is 1. The average molecular weight is 640 g/mol. The van der Waals surface area contributed by atoms with Gasteiger partial charge in [0, 0.05) is 39.7 Å². The SMILES string of the molecule is COC1[C@@H](O[C@@H]2O[C@H](C)[C@@H](O)[C@H](N(C)C)[C@H]2OC(C)=O)[C@@H](CC=O)C[C@@H](C)C(=O)/C=C/C=C/C[C@@H](C)OC(=O)C[C@H]1OC(C)=O. The second-order valence-corrected chi connectivity index (χ2v) is 11.9. The Morgan fingerprint density at radius 3 is 2.29 bits per heavy atom. The molecule has 0 saturated carbocycles. The van der Waals surface area contributed by atoms with Gasteiger partial charge in [-0.15, -0.1) is 0 Å². The largest absolute Gasteiger partial charge is 0.462 e. The molecule has 0 aliphatic carbocycles. The summed E-state index contributed by atoms with van der Waals surface area (Å²) in [5, 5.41) is 11.0. The van der Waals surface area contributed by atoms with Gasteiger partial charge in [0.2, 0.25) is 0 Å². The lowest BCUT2D eigenvalue weighted by Gasteiger charge is -2.47. The van der Waals surface area contributed by atoms with E-state index in [1.807, 2.05) is 0 Å². The molecule has 0 bridgehead atoms. The van der Waals surface area contributed by atoms with Crippen molar-refractivity contribution in [2.24, 2.45) is 11.8 Å². The standard InChI is InChI=1S/C32H49NO12/c1-18-16-23(14-15-34)29(45-32-31(44-22(5)36)27(33(6)7)28(39)20(3)42-32)30(40-8)25(43-21(4)35)17-26(38)41-19(2)12-10-9-11-13-24(18)37/h9-11,13,15,18-20,23,25,27-32,39H,12,14,16-17H2,1-8H3/b10-9+,13-11+/t18-,19-,20-,23+,25-,27+,28-,29+,30?,31-,32+/m1/s1. The van der Waals surface area contributed by atoms with Crippen LogP contribution >= 0.6 is 0 Å². The van der Waals surface area contributed by atoms with Gasteiger partial charge in [-0.25, -0.2) is 0 Å². The fourth-order valence-electron chi connectivity index (χ4n) is 5.78. The van der Waals surface area contributed by atoms with Crippen LogP contribution in [0.5, 0.6) is 0 Å². The van der Waals surface area contributed by atoms with Gasteiger partial charge in [0.15, 0.2) is 18.2 Å². The molecule has 0 radical (unpaired) electrons. The lowest BCUT2D eigenvalue weighted by atomic mass is 9.83. The van der Waals surface area contributed by atoms with E-state index < -0.39 is 91.2 Å². The first-order valence-corrected chi connectivity index (χ1v) is 15.2. The Morgan fingerprint density at radius 1 is 1.04 bits per heavy atom. The lowest BCUT2D eigenvalue weighted by Crippen LogP contribution is -2.64. The van der Waals surface area contributed by atoms with Gasteiger partial charge in [-0.1, -0.05) is 25.2 Å². The molecule has 13 heteroatoms. The Balaban J connectivity index is 2.70. The minimum absolute atomic E-state index is 0.0969. The van der Waals surface area contributed by atoms with Crippen LogP contribution in [-0.2, 0) is 52.4 Å². The Kier molecular flexibility index (Phi) is 15.5. The smallest absolute Gasteiger partial charge is 0.309 e. The van der Waals surface area contributed by atoms with Crippen molar-refractivity contribution in [3.63, 3.8) is 0 Å². The molecule has 11 atom stereocenters. The quantitative estimate of drug-likeness (QED) is 0.233. The number of carbonyl (C=O) groups excluding carboxylic acids is 5. The number of cyclic esters (lactones) is 1. The van der Waals surface area contributed by atoms with Gasteiger partial charge in [0.25, 0.3) is 0 Å². The zero-order valence-electron chi connectivity index (χ0n) is 27.5. The number of aliphatic hydroxyl groups excluding tert-OH is 1. The Labute approximate surface area is 265 Å². The van der Waals surface area contributed by atoms with Gasteiger partial charge in [0.1, 0.15) is 24.6 Å². The van der Waals surface area contributed by atoms with Crippen molar-refractivity contribution in [1.29, 1.82) is 0 Å². The third-order valence-electron chi connectivity index (χ3n) is 7.94. The van der Waals surface area contributed by atoms with Crippen LogP contribution in [0.15, 0.2) is 24.3 Å². The number of esters is 3. The predicted octanol–water partition coefficient (Wildman–Crippen LogP) is 1.92. The number of aldehydes is 1. The maximum absolute atomic E-state index is 13.1. The van der Waals surface area contributed by atoms with E-state index in [0.717, 1.165) is 0 Å². The molecule has 1 unspecified atom stereocenters. The Hall–Kier alpha value is -2.97. The summed E-state index contributed by atoms with van der Waals surface area (Å²) in [6.45, 7) is 7.46. The van der Waals surface area contributed by atoms with Crippen LogP contribution in [0, 0.1) is 11.8 Å². The number of rotatable bonds is 8. The molecule has 2 aliphatic heterocycles. The van der Waals surface area contributed by atoms with Gasteiger partial charge in [-0.05, 0) is 46.4 Å². The number of hydrogen-bond donors (Lipinski definition) is 1. The molecule has 1 N–H and O–H groups in total. The van der Waals surface area contributed by atoms with E-state index >= 15 is 0 Å². The molecule has 13 nitrogen and oxygen atoms in total. The maximum atomic E-state index is 13.1. The molecule has 1 fully saturated rings. The van der Waals surface area contributed by atoms with E-state index in [-0.39, 0.29) is 18.6 Å². The fourth-order valence-corrected chi connectivity index (χ4v) is 5.78. The monoisotopic (exact) mass is 639 g/mol. The summed E-state index contributed by atoms with van der Waals surface area (Å²) in [5.74, 6) is -3.49. The van der Waals surface area contributed by atoms with Crippen LogP contribution in [0.4, 0.5) is 0 Å². The van der Waals surface area contributed by atoms with Crippen molar-refractivity contribution < 1.29 is 57.5 Å². The zero-order valence-corrected chi connectivity index (χ0v) is 27.5. The number of ketones is 1. The summed E-state index contributed by atoms with van der Waals surface area (Å²) in [4.78, 5) is 64.3. The van der Waals surface area contributed by atoms with Crippen LogP contribution in [0.25, 0.3) is 0 Å². The second-order valence-electron chi connectivity index (χ2n) is 11.9. The summed E-state index contributed by atoms with van der Waals surface area (Å²) in [7, 11) is 4.75. The first kappa shape index (κ1) is 38.2. The lowest BCUT2D eigenvalue weighted by molar-refractivity contribution is -0.311. The number of nitrogens with zero attached hydrogens (tertiary/aromatic N) is 1. The van der Waals surface area contributed by atoms with E-state index in [0.29, 0.717) is 12.7 Å². The molecule has 0 aromatic rings. The molecule has 2 heterocycles. The highest BCUT2D eigenvalue weighted by molar-refractivity contribution is 5.91. The summed E-state index contributed by atoms with van der Waals surface area (Å²) in [6.07, 6.45) is -1.14. The van der Waals surface area contributed by atoms with Crippen molar-refractivity contribution in [3.8, 4) is 0 Å². The topological polar surface area (TPSA) is 164 Å². The number of carbonyl (C=O) groups is 5. The summed E-state index contributed by atoms with van der Waals surface area (Å²) >= 11 is 0. The van der Waals surface area contributed by atoms with E-state index in [1.165, 1.54) is 27.0 Å². The van der Waals surface area contributed by atoms with E-state index in [4.69, 9.17) is 28.4 Å². The van der Waals surface area contributed by atoms with Crippen molar-refractivity contribution >= 4 is 30.0 Å². The molecule has 0 aromatic carbocycles. The van der Waals surface area contributed by atoms with Crippen LogP contribution in [0.1, 0.15) is 60.3 Å². The highest BCUT2D eigenvalue weighted by atomic mass is 16.7. The van der Waals surface area contributed by atoms with Crippen LogP contribution in [0.2, 0.25) is 0 Å². The fraction of sp³-hybridized carbons (Fsp3) is 0.719. The van der Waals surface area contributed by atoms with E-state index in [1.54, 1.807) is 58.0 Å². The molecule has 0 spiro atoms. The Morgan fingerprint density at radius 2 is 1.71 bits per heavy atom. The first-order valence-electron chi connectivity index (χ1n) is 15.2. The summed E-state index contributed by atoms with van der Waals surface area (Å²) < 4.78 is 35.2. The molecule has 2 rings (SSSR count). The first-order chi connectivity index (χ1) is 21.2. The van der Waals surface area contributed by atoms with Crippen LogP contribution < -0.4 is 0 Å². The number of methoxy groups -OCH3 is 1. The average Bonchev–Trinajstić information content (AvgIpc) is 2.93. The predicted molar refractivity (Wildman–Crippen MR) is 161 cm³/mol. The molecule has 254 valence electrons. The van der Waals surface area contributed by atoms with Crippen molar-refractivity contribution in [3.05, 3.63) is 24.3 Å². The number of allylic oxidation sites excluding steroid dienone is 3. The molecule has 0 aromatic heterocycles. The Bertz CT molecular complexity index is 1070. The third kappa shape index (κ3) is 11.4. The molecule has 1 saturated heterocycles. The van der Waals surface area contributed by atoms with Crippen LogP contribution in [-0.4, -0.2) is 116 Å². The van der Waals surface area contributed by atoms with E-state index in [9.17, 15) is 29.1 Å². The minimum atomic E-state index is -1.29. The molecule has 0 amide bonds. The highest BCUT2D eigenvalue weighted by Gasteiger charge is 2.50. The summed E-state index contributed by atoms with van der Waals surface area (Å²) in [5.41, 5.74) is 0. The van der Waals surface area contributed by atoms with Crippen molar-refractivity contribution in [1.82, 2.24) is 4.90 Å². The maximum Gasteiger partial charge on any atom is 0.309 e. The number of hydrogen-bond acceptors (Lipinski definition) is 13. The van der Waals surface area contributed by atoms with Crippen molar-refractivity contribution in [2.75, 3.05) is 21.2 Å². The summed E-state index contributed by atoms with van der Waals surface area (Å²) in [6, 6.07) is -0.751. The highest BCUT2D eigenvalue weighted by Crippen LogP contribution is 2.34. The molecule has 45 heavy (non-hydrogen) atoms. The zero-order chi connectivity index (χ0) is 33.8. The van der Waals surface area contributed by atoms with Crippen LogP contribution in [0.3, 0.4) is 0 Å². The third-order valence-corrected chi connectivity index (χ3v) is 7.94. The van der Waals surface area contributed by atoms with Gasteiger partial charge >= 0.3 is 17.9 Å². The van der Waals surface area contributed by atoms with Gasteiger partial charge < -0.3 is 43.2 Å². The van der Waals surface area contributed by atoms with Crippen molar-refractivity contribution in [2.45, 2.75) is 115 Å². The molecular formula is C32H49NO12.